The lowest BCUT2D eigenvalue weighted by Gasteiger charge is -2.31. The molecule has 0 bridgehead atoms. The van der Waals surface area contributed by atoms with E-state index in [0.29, 0.717) is 12.2 Å². The van der Waals surface area contributed by atoms with Crippen molar-refractivity contribution in [3.63, 3.8) is 0 Å². The summed E-state index contributed by atoms with van der Waals surface area (Å²) in [5, 5.41) is 4.16. The van der Waals surface area contributed by atoms with Gasteiger partial charge in [0.15, 0.2) is 0 Å². The lowest BCUT2D eigenvalue weighted by molar-refractivity contribution is 0.194. The molecule has 6 rings (SSSR count). The zero-order valence-corrected chi connectivity index (χ0v) is 20.0. The van der Waals surface area contributed by atoms with Crippen molar-refractivity contribution in [2.45, 2.75) is 38.3 Å². The van der Waals surface area contributed by atoms with E-state index in [-0.39, 0.29) is 17.1 Å². The number of benzene rings is 2. The number of hydrogen-bond acceptors (Lipinski definition) is 2. The summed E-state index contributed by atoms with van der Waals surface area (Å²) in [4.78, 5) is 17.1. The van der Waals surface area contributed by atoms with E-state index in [4.69, 9.17) is 11.6 Å². The van der Waals surface area contributed by atoms with Crippen LogP contribution in [-0.4, -0.2) is 15.5 Å². The fourth-order valence-corrected chi connectivity index (χ4v) is 6.73. The van der Waals surface area contributed by atoms with Gasteiger partial charge in [-0.15, -0.1) is 11.3 Å². The summed E-state index contributed by atoms with van der Waals surface area (Å²) >= 11 is 7.84. The number of hydrogen-bond donors (Lipinski definition) is 1. The van der Waals surface area contributed by atoms with Crippen molar-refractivity contribution >= 4 is 34.7 Å². The number of rotatable bonds is 2. The molecule has 34 heavy (non-hydrogen) atoms. The fourth-order valence-electron chi connectivity index (χ4n) is 5.14. The van der Waals surface area contributed by atoms with Gasteiger partial charge in [-0.25, -0.2) is 9.18 Å². The van der Waals surface area contributed by atoms with E-state index >= 15 is 0 Å². The Morgan fingerprint density at radius 1 is 1.03 bits per heavy atom. The summed E-state index contributed by atoms with van der Waals surface area (Å²) in [6.07, 6.45) is 6.65. The van der Waals surface area contributed by atoms with Gasteiger partial charge in [-0.3, -0.25) is 0 Å². The third kappa shape index (κ3) is 3.62. The quantitative estimate of drug-likeness (QED) is 0.313. The molecule has 0 saturated heterocycles. The topological polar surface area (TPSA) is 37.3 Å². The molecule has 0 unspecified atom stereocenters. The first-order valence-electron chi connectivity index (χ1n) is 11.5. The minimum absolute atomic E-state index is 0.0173. The molecule has 0 fully saturated rings. The van der Waals surface area contributed by atoms with Crippen LogP contribution in [0.2, 0.25) is 5.02 Å². The second-order valence-electron chi connectivity index (χ2n) is 8.80. The number of carbonyl (C=O) groups is 1. The van der Waals surface area contributed by atoms with Crippen molar-refractivity contribution < 1.29 is 9.18 Å². The lowest BCUT2D eigenvalue weighted by atomic mass is 9.95. The molecule has 1 N–H and O–H groups in total. The van der Waals surface area contributed by atoms with Crippen molar-refractivity contribution in [3.05, 3.63) is 105 Å². The van der Waals surface area contributed by atoms with E-state index < -0.39 is 5.82 Å². The molecule has 1 aliphatic carbocycles. The van der Waals surface area contributed by atoms with Gasteiger partial charge < -0.3 is 14.8 Å². The van der Waals surface area contributed by atoms with Crippen LogP contribution in [0.15, 0.2) is 66.9 Å². The molecular formula is C27H23ClFN3OS. The van der Waals surface area contributed by atoms with Crippen LogP contribution in [0, 0.1) is 5.82 Å². The van der Waals surface area contributed by atoms with Gasteiger partial charge in [-0.2, -0.15) is 0 Å². The summed E-state index contributed by atoms with van der Waals surface area (Å²) in [7, 11) is 0. The Bertz CT molecular complexity index is 1380. The number of nitrogens with zero attached hydrogens (tertiary/aromatic N) is 2. The minimum atomic E-state index is -0.510. The summed E-state index contributed by atoms with van der Waals surface area (Å²) in [5.74, 6) is -0.510. The summed E-state index contributed by atoms with van der Waals surface area (Å²) in [6, 6.07) is 18.0. The maximum atomic E-state index is 13.8. The summed E-state index contributed by atoms with van der Waals surface area (Å²) < 4.78 is 16.0. The Balaban J connectivity index is 1.48. The van der Waals surface area contributed by atoms with Gasteiger partial charge in [0.1, 0.15) is 10.8 Å². The van der Waals surface area contributed by atoms with E-state index in [0.717, 1.165) is 24.1 Å². The van der Waals surface area contributed by atoms with E-state index in [1.54, 1.807) is 0 Å². The Hall–Kier alpha value is -3.09. The number of halogens is 2. The SMILES string of the molecule is O=C(Nc1ccc(F)c(Cl)c1)N1Cc2c(sc3c2CCCC3)-n2cccc2[C@@H]1c1ccccc1. The molecular weight excluding hydrogens is 469 g/mol. The second-order valence-corrected chi connectivity index (χ2v) is 10.3. The Kier molecular flexibility index (Phi) is 5.42. The van der Waals surface area contributed by atoms with E-state index in [1.807, 2.05) is 34.4 Å². The first kappa shape index (κ1) is 21.4. The molecule has 4 nitrogen and oxygen atoms in total. The van der Waals surface area contributed by atoms with Crippen LogP contribution < -0.4 is 5.32 Å². The average Bonchev–Trinajstić information content (AvgIpc) is 3.44. The standard InChI is InChI=1S/C27H23ClFN3OS/c28-21-15-18(12-13-22(21)29)30-27(33)32-16-20-19-9-4-5-11-24(19)34-26(20)31-14-6-10-23(31)25(32)17-7-2-1-3-8-17/h1-3,6-8,10,12-15,25H,4-5,9,11,16H2,(H,30,33)/t25-/m0/s1. The molecule has 2 aromatic heterocycles. The van der Waals surface area contributed by atoms with Crippen LogP contribution >= 0.6 is 22.9 Å². The number of urea groups is 1. The number of thiophene rings is 1. The number of aromatic nitrogens is 1. The third-order valence-corrected chi connectivity index (χ3v) is 8.35. The van der Waals surface area contributed by atoms with Crippen molar-refractivity contribution in [1.29, 1.82) is 0 Å². The molecule has 2 aliphatic rings. The predicted molar refractivity (Wildman–Crippen MR) is 135 cm³/mol. The van der Waals surface area contributed by atoms with Crippen molar-refractivity contribution in [1.82, 2.24) is 9.47 Å². The number of amides is 2. The maximum absolute atomic E-state index is 13.8. The van der Waals surface area contributed by atoms with Crippen LogP contribution in [0.1, 0.15) is 46.1 Å². The van der Waals surface area contributed by atoms with Gasteiger partial charge in [-0.05, 0) is 67.1 Å². The van der Waals surface area contributed by atoms with E-state index in [2.05, 4.69) is 40.3 Å². The minimum Gasteiger partial charge on any atom is -0.310 e. The van der Waals surface area contributed by atoms with Gasteiger partial charge >= 0.3 is 6.03 Å². The zero-order valence-electron chi connectivity index (χ0n) is 18.4. The molecule has 0 saturated carbocycles. The smallest absolute Gasteiger partial charge is 0.310 e. The predicted octanol–water partition coefficient (Wildman–Crippen LogP) is 7.35. The Morgan fingerprint density at radius 2 is 1.85 bits per heavy atom. The number of carbonyl (C=O) groups excluding carboxylic acids is 1. The van der Waals surface area contributed by atoms with Gasteiger partial charge in [0.25, 0.3) is 0 Å². The van der Waals surface area contributed by atoms with Gasteiger partial charge in [0, 0.05) is 22.3 Å². The van der Waals surface area contributed by atoms with Crippen LogP contribution in [0.3, 0.4) is 0 Å². The molecule has 2 amide bonds. The molecule has 4 aromatic rings. The molecule has 2 aromatic carbocycles. The van der Waals surface area contributed by atoms with E-state index in [1.165, 1.54) is 52.0 Å². The number of fused-ring (bicyclic) bond motifs is 5. The van der Waals surface area contributed by atoms with Crippen molar-refractivity contribution in [2.75, 3.05) is 5.32 Å². The molecule has 0 spiro atoms. The normalized spacial score (nSPS) is 16.9. The highest BCUT2D eigenvalue weighted by Gasteiger charge is 2.36. The lowest BCUT2D eigenvalue weighted by Crippen LogP contribution is -2.38. The van der Waals surface area contributed by atoms with Gasteiger partial charge in [0.05, 0.1) is 23.3 Å². The molecule has 3 heterocycles. The fraction of sp³-hybridized carbons (Fsp3) is 0.222. The highest BCUT2D eigenvalue weighted by Crippen LogP contribution is 2.44. The number of anilines is 1. The average molecular weight is 492 g/mol. The number of nitrogens with one attached hydrogen (secondary N) is 1. The maximum Gasteiger partial charge on any atom is 0.322 e. The van der Waals surface area contributed by atoms with Crippen LogP contribution in [0.25, 0.3) is 5.00 Å². The first-order chi connectivity index (χ1) is 16.6. The van der Waals surface area contributed by atoms with Crippen LogP contribution in [0.5, 0.6) is 0 Å². The van der Waals surface area contributed by atoms with Gasteiger partial charge in [-0.1, -0.05) is 41.9 Å². The largest absolute Gasteiger partial charge is 0.322 e. The van der Waals surface area contributed by atoms with Crippen LogP contribution in [0.4, 0.5) is 14.9 Å². The third-order valence-electron chi connectivity index (χ3n) is 6.73. The van der Waals surface area contributed by atoms with Crippen molar-refractivity contribution in [3.8, 4) is 5.00 Å². The Labute approximate surface area is 206 Å². The molecule has 7 heteroatoms. The Morgan fingerprint density at radius 3 is 2.68 bits per heavy atom. The molecule has 172 valence electrons. The van der Waals surface area contributed by atoms with Gasteiger partial charge in [0.2, 0.25) is 0 Å². The van der Waals surface area contributed by atoms with Crippen molar-refractivity contribution in [2.24, 2.45) is 0 Å². The molecule has 0 radical (unpaired) electrons. The molecule has 1 atom stereocenters. The summed E-state index contributed by atoms with van der Waals surface area (Å²) in [6.45, 7) is 0.503. The highest BCUT2D eigenvalue weighted by molar-refractivity contribution is 7.15. The number of aryl methyl sites for hydroxylation is 1. The monoisotopic (exact) mass is 491 g/mol. The molecule has 1 aliphatic heterocycles. The highest BCUT2D eigenvalue weighted by atomic mass is 35.5. The first-order valence-corrected chi connectivity index (χ1v) is 12.7. The second kappa shape index (κ2) is 8.60. The summed E-state index contributed by atoms with van der Waals surface area (Å²) in [5.41, 5.74) is 5.20. The zero-order chi connectivity index (χ0) is 23.2. The van der Waals surface area contributed by atoms with Crippen LogP contribution in [-0.2, 0) is 19.4 Å². The van der Waals surface area contributed by atoms with E-state index in [9.17, 15) is 9.18 Å².